The summed E-state index contributed by atoms with van der Waals surface area (Å²) in [5.41, 5.74) is 3.48. The molecule has 0 amide bonds. The van der Waals surface area contributed by atoms with Gasteiger partial charge in [0, 0.05) is 16.0 Å². The number of imidazole rings is 1. The van der Waals surface area contributed by atoms with Gasteiger partial charge in [-0.3, -0.25) is 0 Å². The van der Waals surface area contributed by atoms with Gasteiger partial charge in [-0.15, -0.1) is 11.3 Å². The zero-order chi connectivity index (χ0) is 16.7. The first kappa shape index (κ1) is 15.0. The van der Waals surface area contributed by atoms with Crippen molar-refractivity contribution in [1.82, 2.24) is 9.97 Å². The number of nitrogens with one attached hydrogen (secondary N) is 1. The predicted molar refractivity (Wildman–Crippen MR) is 94.1 cm³/mol. The van der Waals surface area contributed by atoms with Gasteiger partial charge < -0.3 is 4.98 Å². The number of H-pyrrole nitrogens is 1. The van der Waals surface area contributed by atoms with E-state index in [4.69, 9.17) is 0 Å². The van der Waals surface area contributed by atoms with Crippen LogP contribution in [0.5, 0.6) is 0 Å². The molecule has 0 fully saturated rings. The average Bonchev–Trinajstić information content (AvgIpc) is 3.25. The van der Waals surface area contributed by atoms with Crippen LogP contribution in [0.3, 0.4) is 0 Å². The molecule has 0 saturated carbocycles. The molecule has 2 heterocycles. The van der Waals surface area contributed by atoms with Gasteiger partial charge in [0.05, 0.1) is 17.4 Å². The summed E-state index contributed by atoms with van der Waals surface area (Å²) in [4.78, 5) is 8.27. The van der Waals surface area contributed by atoms with Crippen LogP contribution >= 0.6 is 11.3 Å². The number of thiophene rings is 1. The standard InChI is InChI=1S/C19H14F2N2S/c1-2-13-7-12(9-24-13)15-5-4-14(18(20)19(15)21)11-3-6-16-17(8-11)23-10-22-16/h3-10H,2H2,1H3,(H,22,23). The van der Waals surface area contributed by atoms with E-state index in [0.717, 1.165) is 27.9 Å². The predicted octanol–water partition coefficient (Wildman–Crippen LogP) is 5.80. The maximum absolute atomic E-state index is 14.7. The minimum atomic E-state index is -0.824. The van der Waals surface area contributed by atoms with E-state index in [9.17, 15) is 8.78 Å². The van der Waals surface area contributed by atoms with Crippen LogP contribution < -0.4 is 0 Å². The summed E-state index contributed by atoms with van der Waals surface area (Å²) < 4.78 is 29.3. The molecule has 2 nitrogen and oxygen atoms in total. The van der Waals surface area contributed by atoms with Crippen molar-refractivity contribution >= 4 is 22.4 Å². The number of nitrogens with zero attached hydrogens (tertiary/aromatic N) is 1. The Bertz CT molecular complexity index is 1030. The summed E-state index contributed by atoms with van der Waals surface area (Å²) in [5.74, 6) is -1.63. The molecule has 0 saturated heterocycles. The van der Waals surface area contributed by atoms with Crippen LogP contribution in [0.25, 0.3) is 33.3 Å². The highest BCUT2D eigenvalue weighted by atomic mass is 32.1. The summed E-state index contributed by atoms with van der Waals surface area (Å²) in [5, 5.41) is 1.87. The lowest BCUT2D eigenvalue weighted by Gasteiger charge is -2.08. The topological polar surface area (TPSA) is 28.7 Å². The van der Waals surface area contributed by atoms with E-state index in [0.29, 0.717) is 11.1 Å². The molecule has 0 spiro atoms. The zero-order valence-corrected chi connectivity index (χ0v) is 13.8. The second-order valence-corrected chi connectivity index (χ2v) is 6.57. The van der Waals surface area contributed by atoms with Gasteiger partial charge in [0.15, 0.2) is 11.6 Å². The molecule has 0 unspecified atom stereocenters. The van der Waals surface area contributed by atoms with E-state index in [2.05, 4.69) is 9.97 Å². The van der Waals surface area contributed by atoms with Crippen molar-refractivity contribution in [3.63, 3.8) is 0 Å². The van der Waals surface area contributed by atoms with E-state index < -0.39 is 11.6 Å². The minimum absolute atomic E-state index is 0.249. The van der Waals surface area contributed by atoms with Gasteiger partial charge in [-0.05, 0) is 41.1 Å². The molecule has 120 valence electrons. The number of hydrogen-bond acceptors (Lipinski definition) is 2. The van der Waals surface area contributed by atoms with E-state index >= 15 is 0 Å². The number of benzene rings is 2. The maximum atomic E-state index is 14.7. The van der Waals surface area contributed by atoms with Crippen molar-refractivity contribution in [1.29, 1.82) is 0 Å². The third-order valence-electron chi connectivity index (χ3n) is 4.13. The highest BCUT2D eigenvalue weighted by Gasteiger charge is 2.17. The second kappa shape index (κ2) is 5.83. The third-order valence-corrected chi connectivity index (χ3v) is 5.21. The Hall–Kier alpha value is -2.53. The van der Waals surface area contributed by atoms with Crippen LogP contribution in [0, 0.1) is 11.6 Å². The summed E-state index contributed by atoms with van der Waals surface area (Å²) >= 11 is 1.56. The molecular formula is C19H14F2N2S. The molecule has 0 radical (unpaired) electrons. The molecule has 0 bridgehead atoms. The number of aryl methyl sites for hydroxylation is 1. The minimum Gasteiger partial charge on any atom is -0.345 e. The first-order chi connectivity index (χ1) is 11.7. The molecule has 0 atom stereocenters. The van der Waals surface area contributed by atoms with Crippen LogP contribution in [0.1, 0.15) is 11.8 Å². The molecule has 1 N–H and O–H groups in total. The van der Waals surface area contributed by atoms with Crippen molar-refractivity contribution in [2.45, 2.75) is 13.3 Å². The Labute approximate surface area is 141 Å². The van der Waals surface area contributed by atoms with Crippen LogP contribution in [0.15, 0.2) is 48.1 Å². The lowest BCUT2D eigenvalue weighted by molar-refractivity contribution is 0.514. The average molecular weight is 340 g/mol. The van der Waals surface area contributed by atoms with Crippen molar-refractivity contribution in [3.05, 3.63) is 64.6 Å². The van der Waals surface area contributed by atoms with Crippen LogP contribution in [-0.2, 0) is 6.42 Å². The van der Waals surface area contributed by atoms with E-state index in [-0.39, 0.29) is 5.56 Å². The normalized spacial score (nSPS) is 11.3. The second-order valence-electron chi connectivity index (χ2n) is 5.58. The van der Waals surface area contributed by atoms with Crippen LogP contribution in [0.4, 0.5) is 8.78 Å². The molecule has 24 heavy (non-hydrogen) atoms. The van der Waals surface area contributed by atoms with Gasteiger partial charge in [-0.1, -0.05) is 25.1 Å². The monoisotopic (exact) mass is 340 g/mol. The molecule has 0 aliphatic heterocycles. The Morgan fingerprint density at radius 3 is 2.46 bits per heavy atom. The number of halogens is 2. The van der Waals surface area contributed by atoms with Gasteiger partial charge in [0.1, 0.15) is 0 Å². The number of aromatic amines is 1. The zero-order valence-electron chi connectivity index (χ0n) is 12.9. The molecule has 0 aliphatic carbocycles. The lowest BCUT2D eigenvalue weighted by Crippen LogP contribution is -1.93. The van der Waals surface area contributed by atoms with E-state index in [1.54, 1.807) is 48.0 Å². The molecule has 2 aromatic heterocycles. The fraction of sp³-hybridized carbons (Fsp3) is 0.105. The number of hydrogen-bond donors (Lipinski definition) is 1. The third kappa shape index (κ3) is 2.41. The summed E-state index contributed by atoms with van der Waals surface area (Å²) in [7, 11) is 0. The SMILES string of the molecule is CCc1cc(-c2ccc(-c3ccc4nc[nH]c4c3)c(F)c2F)cs1. The first-order valence-electron chi connectivity index (χ1n) is 7.66. The molecular weight excluding hydrogens is 326 g/mol. The molecule has 0 aliphatic rings. The molecule has 2 aromatic carbocycles. The Morgan fingerprint density at radius 2 is 1.75 bits per heavy atom. The number of rotatable bonds is 3. The largest absolute Gasteiger partial charge is 0.345 e. The first-order valence-corrected chi connectivity index (χ1v) is 8.54. The number of aromatic nitrogens is 2. The van der Waals surface area contributed by atoms with Gasteiger partial charge >= 0.3 is 0 Å². The fourth-order valence-corrected chi connectivity index (χ4v) is 3.64. The highest BCUT2D eigenvalue weighted by Crippen LogP contribution is 2.34. The van der Waals surface area contributed by atoms with Crippen molar-refractivity contribution < 1.29 is 8.78 Å². The van der Waals surface area contributed by atoms with Crippen LogP contribution in [-0.4, -0.2) is 9.97 Å². The summed E-state index contributed by atoms with van der Waals surface area (Å²) in [6, 6.07) is 10.5. The molecule has 4 rings (SSSR count). The van der Waals surface area contributed by atoms with E-state index in [1.807, 2.05) is 18.4 Å². The number of fused-ring (bicyclic) bond motifs is 1. The maximum Gasteiger partial charge on any atom is 0.167 e. The summed E-state index contributed by atoms with van der Waals surface area (Å²) in [6.07, 6.45) is 2.47. The highest BCUT2D eigenvalue weighted by molar-refractivity contribution is 7.10. The van der Waals surface area contributed by atoms with Crippen LogP contribution in [0.2, 0.25) is 0 Å². The van der Waals surface area contributed by atoms with Crippen molar-refractivity contribution in [3.8, 4) is 22.3 Å². The van der Waals surface area contributed by atoms with Gasteiger partial charge in [0.25, 0.3) is 0 Å². The van der Waals surface area contributed by atoms with Gasteiger partial charge in [-0.2, -0.15) is 0 Å². The van der Waals surface area contributed by atoms with E-state index in [1.165, 1.54) is 0 Å². The smallest absolute Gasteiger partial charge is 0.167 e. The van der Waals surface area contributed by atoms with Crippen molar-refractivity contribution in [2.75, 3.05) is 0 Å². The van der Waals surface area contributed by atoms with Gasteiger partial charge in [0.2, 0.25) is 0 Å². The Morgan fingerprint density at radius 1 is 1.00 bits per heavy atom. The molecule has 5 heteroatoms. The fourth-order valence-electron chi connectivity index (χ4n) is 2.81. The molecule has 4 aromatic rings. The van der Waals surface area contributed by atoms with Crippen molar-refractivity contribution in [2.24, 2.45) is 0 Å². The van der Waals surface area contributed by atoms with Gasteiger partial charge in [-0.25, -0.2) is 13.8 Å². The quantitative estimate of drug-likeness (QED) is 0.502. The Kier molecular flexibility index (Phi) is 3.65. The lowest BCUT2D eigenvalue weighted by atomic mass is 9.99. The summed E-state index contributed by atoms with van der Waals surface area (Å²) in [6.45, 7) is 2.04. The Balaban J connectivity index is 1.81.